The number of rotatable bonds is 2. The summed E-state index contributed by atoms with van der Waals surface area (Å²) in [7, 11) is 1.30. The summed E-state index contributed by atoms with van der Waals surface area (Å²) < 4.78 is 5.05. The molecule has 0 spiro atoms. The average Bonchev–Trinajstić information content (AvgIpc) is 2.84. The van der Waals surface area contributed by atoms with Gasteiger partial charge in [0.2, 0.25) is 0 Å². The van der Waals surface area contributed by atoms with Crippen LogP contribution < -0.4 is 5.32 Å². The van der Waals surface area contributed by atoms with E-state index in [2.05, 4.69) is 5.32 Å². The van der Waals surface area contributed by atoms with E-state index in [-0.39, 0.29) is 5.57 Å². The van der Waals surface area contributed by atoms with Crippen molar-refractivity contribution in [1.82, 2.24) is 10.2 Å². The van der Waals surface area contributed by atoms with Gasteiger partial charge in [-0.2, -0.15) is 0 Å². The summed E-state index contributed by atoms with van der Waals surface area (Å²) in [6.45, 7) is 0. The normalized spacial score (nSPS) is 18.8. The third-order valence-corrected chi connectivity index (χ3v) is 2.37. The van der Waals surface area contributed by atoms with Crippen molar-refractivity contribution < 1.29 is 18.8 Å². The van der Waals surface area contributed by atoms with Gasteiger partial charge in [-0.25, -0.2) is 4.79 Å². The molecule has 1 aromatic heterocycles. The largest absolute Gasteiger partial charge is 0.465 e. The fourth-order valence-electron chi connectivity index (χ4n) is 1.39. The fourth-order valence-corrected chi connectivity index (χ4v) is 1.39. The Balaban J connectivity index is 2.19. The van der Waals surface area contributed by atoms with E-state index in [0.717, 1.165) is 4.90 Å². The van der Waals surface area contributed by atoms with Crippen molar-refractivity contribution in [2.75, 3.05) is 7.05 Å². The summed E-state index contributed by atoms with van der Waals surface area (Å²) in [6.07, 6.45) is 5.96. The maximum Gasteiger partial charge on any atom is 0.331 e. The number of carbonyl (C=O) groups excluding carboxylic acids is 3. The number of nitrogens with one attached hydrogen (secondary N) is 1. The predicted molar refractivity (Wildman–Crippen MR) is 62.1 cm³/mol. The summed E-state index contributed by atoms with van der Waals surface area (Å²) in [4.78, 5) is 35.1. The van der Waals surface area contributed by atoms with Gasteiger partial charge >= 0.3 is 6.03 Å². The summed E-state index contributed by atoms with van der Waals surface area (Å²) in [5.74, 6) is -0.736. The van der Waals surface area contributed by atoms with E-state index >= 15 is 0 Å². The highest BCUT2D eigenvalue weighted by Crippen LogP contribution is 2.09. The molecule has 1 aliphatic rings. The van der Waals surface area contributed by atoms with E-state index in [1.165, 1.54) is 25.5 Å². The van der Waals surface area contributed by atoms with Crippen LogP contribution in [0.4, 0.5) is 4.79 Å². The fraction of sp³-hybridized carbons (Fsp3) is 0.0833. The Morgan fingerprint density at radius 2 is 2.11 bits per heavy atom. The first-order valence-electron chi connectivity index (χ1n) is 5.15. The number of allylic oxidation sites excluding steroid dienone is 2. The Bertz CT molecular complexity index is 555. The molecule has 2 rings (SSSR count). The topological polar surface area (TPSA) is 79.6 Å². The lowest BCUT2D eigenvalue weighted by Gasteiger charge is -2.21. The molecule has 1 fully saturated rings. The van der Waals surface area contributed by atoms with Crippen molar-refractivity contribution >= 4 is 23.9 Å². The SMILES string of the molecule is CN1C(=O)NC(=O)/C(=C\C=C\c2ccco2)C1=O. The van der Waals surface area contributed by atoms with Crippen LogP contribution in [0.5, 0.6) is 0 Å². The molecule has 0 bridgehead atoms. The highest BCUT2D eigenvalue weighted by atomic mass is 16.3. The third kappa shape index (κ3) is 2.22. The molecular weight excluding hydrogens is 236 g/mol. The number of carbonyl (C=O) groups is 3. The molecular formula is C12H10N2O4. The zero-order chi connectivity index (χ0) is 13.1. The van der Waals surface area contributed by atoms with Gasteiger partial charge < -0.3 is 4.42 Å². The Morgan fingerprint density at radius 1 is 1.33 bits per heavy atom. The number of barbiturate groups is 1. The first kappa shape index (κ1) is 11.8. The number of nitrogens with zero attached hydrogens (tertiary/aromatic N) is 1. The smallest absolute Gasteiger partial charge is 0.331 e. The summed E-state index contributed by atoms with van der Waals surface area (Å²) in [5.41, 5.74) is -0.0973. The monoisotopic (exact) mass is 246 g/mol. The van der Waals surface area contributed by atoms with E-state index in [1.54, 1.807) is 18.2 Å². The number of likely N-dealkylation sites (N-methyl/N-ethyl adjacent to an activating group) is 1. The van der Waals surface area contributed by atoms with Crippen LogP contribution in [0.15, 0.2) is 40.5 Å². The summed E-state index contributed by atoms with van der Waals surface area (Å²) in [5, 5.41) is 2.05. The Hall–Kier alpha value is -2.63. The van der Waals surface area contributed by atoms with Gasteiger partial charge in [-0.1, -0.05) is 6.08 Å². The first-order valence-corrected chi connectivity index (χ1v) is 5.15. The Kier molecular flexibility index (Phi) is 3.09. The molecule has 4 amide bonds. The minimum Gasteiger partial charge on any atom is -0.465 e. The number of furan rings is 1. The van der Waals surface area contributed by atoms with Gasteiger partial charge in [0.25, 0.3) is 11.8 Å². The van der Waals surface area contributed by atoms with E-state index in [1.807, 2.05) is 0 Å². The molecule has 0 aliphatic carbocycles. The Morgan fingerprint density at radius 3 is 2.78 bits per heavy atom. The third-order valence-electron chi connectivity index (χ3n) is 2.37. The number of imide groups is 2. The second-order valence-electron chi connectivity index (χ2n) is 3.58. The molecule has 1 N–H and O–H groups in total. The average molecular weight is 246 g/mol. The molecule has 18 heavy (non-hydrogen) atoms. The number of hydrogen-bond acceptors (Lipinski definition) is 4. The molecule has 1 aliphatic heterocycles. The second-order valence-corrected chi connectivity index (χ2v) is 3.58. The van der Waals surface area contributed by atoms with E-state index in [4.69, 9.17) is 4.42 Å². The minimum atomic E-state index is -0.725. The van der Waals surface area contributed by atoms with Gasteiger partial charge in [-0.05, 0) is 24.3 Å². The van der Waals surface area contributed by atoms with Gasteiger partial charge in [-0.15, -0.1) is 0 Å². The molecule has 6 heteroatoms. The number of urea groups is 1. The maximum absolute atomic E-state index is 11.7. The van der Waals surface area contributed by atoms with Crippen molar-refractivity contribution in [2.24, 2.45) is 0 Å². The lowest BCUT2D eigenvalue weighted by Crippen LogP contribution is -2.52. The van der Waals surface area contributed by atoms with Crippen LogP contribution in [-0.4, -0.2) is 29.8 Å². The van der Waals surface area contributed by atoms with Crippen LogP contribution in [0.3, 0.4) is 0 Å². The highest BCUT2D eigenvalue weighted by molar-refractivity contribution is 6.28. The molecule has 0 atom stereocenters. The zero-order valence-electron chi connectivity index (χ0n) is 9.54. The summed E-state index contributed by atoms with van der Waals surface area (Å²) in [6, 6.07) is 2.72. The molecule has 1 aromatic rings. The summed E-state index contributed by atoms with van der Waals surface area (Å²) >= 11 is 0. The van der Waals surface area contributed by atoms with Crippen LogP contribution in [0.1, 0.15) is 5.76 Å². The van der Waals surface area contributed by atoms with E-state index in [9.17, 15) is 14.4 Å². The van der Waals surface area contributed by atoms with Crippen molar-refractivity contribution in [1.29, 1.82) is 0 Å². The molecule has 1 saturated heterocycles. The molecule has 0 radical (unpaired) electrons. The van der Waals surface area contributed by atoms with Gasteiger partial charge in [0, 0.05) is 7.05 Å². The highest BCUT2D eigenvalue weighted by Gasteiger charge is 2.32. The quantitative estimate of drug-likeness (QED) is 0.621. The molecule has 2 heterocycles. The van der Waals surface area contributed by atoms with Crippen molar-refractivity contribution in [3.05, 3.63) is 41.9 Å². The molecule has 0 unspecified atom stereocenters. The van der Waals surface area contributed by atoms with Crippen molar-refractivity contribution in [3.63, 3.8) is 0 Å². The van der Waals surface area contributed by atoms with Crippen LogP contribution in [0.25, 0.3) is 6.08 Å². The number of hydrogen-bond donors (Lipinski definition) is 1. The maximum atomic E-state index is 11.7. The van der Waals surface area contributed by atoms with Gasteiger partial charge in [0.05, 0.1) is 6.26 Å². The minimum absolute atomic E-state index is 0.0973. The van der Waals surface area contributed by atoms with E-state index < -0.39 is 17.8 Å². The van der Waals surface area contributed by atoms with Crippen LogP contribution in [-0.2, 0) is 9.59 Å². The van der Waals surface area contributed by atoms with Crippen molar-refractivity contribution in [2.45, 2.75) is 0 Å². The predicted octanol–water partition coefficient (Wildman–Crippen LogP) is 0.927. The molecule has 6 nitrogen and oxygen atoms in total. The van der Waals surface area contributed by atoms with Gasteiger partial charge in [0.15, 0.2) is 0 Å². The lowest BCUT2D eigenvalue weighted by molar-refractivity contribution is -0.129. The molecule has 0 saturated carbocycles. The van der Waals surface area contributed by atoms with Crippen LogP contribution >= 0.6 is 0 Å². The van der Waals surface area contributed by atoms with Crippen LogP contribution in [0, 0.1) is 0 Å². The van der Waals surface area contributed by atoms with Crippen molar-refractivity contribution in [3.8, 4) is 0 Å². The zero-order valence-corrected chi connectivity index (χ0v) is 9.54. The number of amides is 4. The van der Waals surface area contributed by atoms with E-state index in [0.29, 0.717) is 5.76 Å². The lowest BCUT2D eigenvalue weighted by atomic mass is 10.1. The Labute approximate surface area is 103 Å². The molecule has 0 aromatic carbocycles. The van der Waals surface area contributed by atoms with Gasteiger partial charge in [-0.3, -0.25) is 19.8 Å². The van der Waals surface area contributed by atoms with Crippen LogP contribution in [0.2, 0.25) is 0 Å². The second kappa shape index (κ2) is 4.70. The van der Waals surface area contributed by atoms with Gasteiger partial charge in [0.1, 0.15) is 11.3 Å². The molecule has 92 valence electrons. The first-order chi connectivity index (χ1) is 8.59. The standard InChI is InChI=1S/C12H10N2O4/c1-14-11(16)9(10(15)13-12(14)17)6-2-4-8-5-3-7-18-8/h2-7H,1H3,(H,13,15,17)/b4-2+,9-6+.